The van der Waals surface area contributed by atoms with Crippen molar-refractivity contribution in [2.24, 2.45) is 193 Å². The Morgan fingerprint density at radius 1 is 0.388 bits per heavy atom. The highest BCUT2D eigenvalue weighted by molar-refractivity contribution is 5.84. The molecular formula is C107H154N14O8. The van der Waals surface area contributed by atoms with E-state index in [1.165, 1.54) is 156 Å². The second kappa shape index (κ2) is 35.8. The molecule has 17 fully saturated rings. The zero-order valence-corrected chi connectivity index (χ0v) is 79.9. The Morgan fingerprint density at radius 2 is 0.698 bits per heavy atom. The van der Waals surface area contributed by atoms with Crippen LogP contribution in [0.1, 0.15) is 325 Å². The van der Waals surface area contributed by atoms with Gasteiger partial charge in [-0.25, -0.2) is 4.68 Å². The second-order valence-electron chi connectivity index (χ2n) is 48.8. The highest BCUT2D eigenvalue weighted by atomic mass is 16.3. The smallest absolute Gasteiger partial charge is 0.253 e. The minimum Gasteiger partial charge on any atom is -0.390 e. The fraction of sp³-hybridized carbons (Fsp3) is 0.832. The predicted octanol–water partition coefficient (Wildman–Crippen LogP) is 20.1. The molecule has 36 atom stereocenters. The molecule has 4 N–H and O–H groups in total. The quantitative estimate of drug-likeness (QED) is 0.0758. The van der Waals surface area contributed by atoms with Crippen LogP contribution in [0.3, 0.4) is 0 Å². The Bertz CT molecular complexity index is 4770. The first-order chi connectivity index (χ1) is 61.6. The van der Waals surface area contributed by atoms with Crippen LogP contribution >= 0.6 is 0 Å². The Kier molecular flexibility index (Phi) is 25.7. The number of carbonyl (C=O) groups is 4. The molecule has 0 radical (unpaired) electrons. The summed E-state index contributed by atoms with van der Waals surface area (Å²) in [4.78, 5) is 62.8. The van der Waals surface area contributed by atoms with Gasteiger partial charge in [-0.3, -0.25) is 19.2 Å². The molecule has 700 valence electrons. The van der Waals surface area contributed by atoms with Crippen LogP contribution in [0.25, 0.3) is 9.69 Å². The zero-order valence-electron chi connectivity index (χ0n) is 79.9. The molecule has 4 heterocycles. The average Bonchev–Trinajstić information content (AvgIpc) is 1.57. The molecule has 4 aromatic rings. The fourth-order valence-corrected chi connectivity index (χ4v) is 36.6. The van der Waals surface area contributed by atoms with Gasteiger partial charge in [0.2, 0.25) is 0 Å². The van der Waals surface area contributed by atoms with E-state index in [9.17, 15) is 50.1 Å². The zero-order chi connectivity index (χ0) is 91.0. The number of hydrogen-bond donors (Lipinski definition) is 4. The molecule has 17 aliphatic rings. The van der Waals surface area contributed by atoms with Crippen LogP contribution < -0.4 is 0 Å². The number of nitriles is 2. The van der Waals surface area contributed by atoms with Crippen molar-refractivity contribution < 1.29 is 39.6 Å². The first-order valence-electron chi connectivity index (χ1n) is 52.0. The maximum Gasteiger partial charge on any atom is 0.253 e. The van der Waals surface area contributed by atoms with Crippen molar-refractivity contribution in [2.75, 3.05) is 0 Å². The molecule has 22 nitrogen and oxygen atoms in total. The van der Waals surface area contributed by atoms with Gasteiger partial charge in [0.1, 0.15) is 25.2 Å². The van der Waals surface area contributed by atoms with Gasteiger partial charge in [0, 0.05) is 42.0 Å². The van der Waals surface area contributed by atoms with E-state index in [1.54, 1.807) is 34.3 Å². The summed E-state index contributed by atoms with van der Waals surface area (Å²) in [6.07, 6.45) is 49.2. The summed E-state index contributed by atoms with van der Waals surface area (Å²) in [5.41, 5.74) is -1.15. The van der Waals surface area contributed by atoms with Gasteiger partial charge in [0.05, 0.1) is 41.0 Å². The lowest BCUT2D eigenvalue weighted by Gasteiger charge is -2.57. The lowest BCUT2D eigenvalue weighted by atomic mass is 9.48. The van der Waals surface area contributed by atoms with E-state index in [0.29, 0.717) is 102 Å². The van der Waals surface area contributed by atoms with Gasteiger partial charge in [0.15, 0.2) is 47.6 Å². The van der Waals surface area contributed by atoms with Crippen molar-refractivity contribution in [3.05, 3.63) is 71.1 Å². The number of rotatable bonds is 16. The van der Waals surface area contributed by atoms with E-state index in [0.717, 1.165) is 174 Å². The van der Waals surface area contributed by atoms with Gasteiger partial charge in [-0.05, 0) is 416 Å². The van der Waals surface area contributed by atoms with Gasteiger partial charge in [-0.15, -0.1) is 5.10 Å². The van der Waals surface area contributed by atoms with E-state index < -0.39 is 22.4 Å². The summed E-state index contributed by atoms with van der Waals surface area (Å²) in [6, 6.07) is 6.95. The Labute approximate surface area is 769 Å². The minimum atomic E-state index is -0.490. The monoisotopic (exact) mass is 1760 g/mol. The van der Waals surface area contributed by atoms with Gasteiger partial charge >= 0.3 is 0 Å². The molecule has 0 bridgehead atoms. The largest absolute Gasteiger partial charge is 0.390 e. The number of fused-ring (bicyclic) bond motifs is 20. The summed E-state index contributed by atoms with van der Waals surface area (Å²) in [5.74, 6) is 19.9. The van der Waals surface area contributed by atoms with Gasteiger partial charge in [-0.1, -0.05) is 96.3 Å². The van der Waals surface area contributed by atoms with Crippen molar-refractivity contribution >= 4 is 34.8 Å². The lowest BCUT2D eigenvalue weighted by Crippen LogP contribution is -2.52. The predicted molar refractivity (Wildman–Crippen MR) is 490 cm³/mol. The highest BCUT2D eigenvalue weighted by Crippen LogP contribution is 2.73. The third-order valence-corrected chi connectivity index (χ3v) is 41.9. The molecule has 0 aromatic carbocycles. The molecule has 0 amide bonds. The molecule has 21 rings (SSSR count). The van der Waals surface area contributed by atoms with Crippen LogP contribution in [0.2, 0.25) is 0 Å². The first-order valence-corrected chi connectivity index (χ1v) is 52.0. The molecular weight excluding hydrogens is 1610 g/mol. The van der Waals surface area contributed by atoms with E-state index >= 15 is 0 Å². The van der Waals surface area contributed by atoms with Gasteiger partial charge in [0.25, 0.3) is 11.6 Å². The number of Topliss-reactive ketones (excluding diaryl/α,β-unsaturated/α-hetero) is 4. The SMILES string of the molecule is CC[C@@H]1C[C@H](C(=O)Cn2ccnn2)[C@@]2(C)CC[C@H]3[C@@H](CC[C@@H]4C[C@](C)(O)CC[C@@H]43)[C@H]12.CC[C@@H]1C[C@H](C(=O)Cn2nccn2)[C@@]2(C)CC[C@H]3[C@@H](CC[C@@H]4C[C@](C)(O)CC[C@@H]43)[C@H]12.[C-]#[N+]c1cc(C#N)nn1CC(=O)[C@H]1C[C@@H](C2CC2)[C@H]2[C@@H]3CC[C@@H]4C[C@](C)(O)CC[C@@H]4[C@H]3CC[C@@]21C.[C-]#[N+]c1cc(C#N)nn1CC(=O)[C@H]1C[C@@H](CC)[C@H]2[C@@H]3CC[C@@H]4C[C@](C)(O)CC[C@@H]4[C@H]3CC[C@@]21C. The minimum absolute atomic E-state index is 0.00142. The van der Waals surface area contributed by atoms with Crippen molar-refractivity contribution in [3.63, 3.8) is 0 Å². The maximum atomic E-state index is 13.8. The van der Waals surface area contributed by atoms with Crippen LogP contribution in [-0.2, 0) is 45.4 Å². The van der Waals surface area contributed by atoms with Crippen molar-refractivity contribution in [1.82, 2.24) is 49.5 Å². The normalized spacial score (nSPS) is 45.7. The summed E-state index contributed by atoms with van der Waals surface area (Å²) >= 11 is 0. The Morgan fingerprint density at radius 3 is 1.02 bits per heavy atom. The fourth-order valence-electron chi connectivity index (χ4n) is 36.6. The third-order valence-electron chi connectivity index (χ3n) is 41.9. The number of carbonyl (C=O) groups excluding carboxylic acids is 4. The summed E-state index contributed by atoms with van der Waals surface area (Å²) < 4.78 is 4.60. The van der Waals surface area contributed by atoms with Crippen LogP contribution in [0.15, 0.2) is 36.9 Å². The van der Waals surface area contributed by atoms with Crippen LogP contribution in [0, 0.1) is 229 Å². The van der Waals surface area contributed by atoms with Crippen molar-refractivity contribution in [1.29, 1.82) is 10.5 Å². The number of aromatic nitrogens is 10. The van der Waals surface area contributed by atoms with Gasteiger partial charge in [-0.2, -0.15) is 34.9 Å². The van der Waals surface area contributed by atoms with Crippen LogP contribution in [-0.4, -0.2) is 116 Å². The molecule has 17 saturated carbocycles. The molecule has 0 aliphatic heterocycles. The first kappa shape index (κ1) is 92.6. The third kappa shape index (κ3) is 17.2. The molecule has 17 aliphatic carbocycles. The summed E-state index contributed by atoms with van der Waals surface area (Å²) in [6.45, 7) is 40.5. The molecule has 0 spiro atoms. The second-order valence-corrected chi connectivity index (χ2v) is 48.8. The molecule has 4 aromatic heterocycles. The number of hydrogen-bond acceptors (Lipinski definition) is 16. The topological polar surface area (TPSA) is 303 Å². The highest BCUT2D eigenvalue weighted by Gasteiger charge is 2.68. The van der Waals surface area contributed by atoms with E-state index in [1.807, 2.05) is 39.8 Å². The summed E-state index contributed by atoms with van der Waals surface area (Å²) in [7, 11) is 0. The standard InChI is InChI=1S/C29H38N4O2.C28H38N4O2.2C25H39N3O2/c1-28(35)10-8-20-18(14-28)6-7-22-21(20)9-11-29(2)24(13-23(27(22)29)17-4-5-17)25(34)16-33-26(31-3)12-19(15-30)32-33;1-5-17-12-23(24(33)16-32-25(30-4)13-19(15-29)31-32)28(3)11-9-21-20-8-10-27(2,34)14-18(20)6-7-22(21)26(17)28;1-4-16-13-21(22(29)15-28-12-11-26-27-28)25(3)10-8-19-18-7-9-24(2,30)14-17(18)5-6-20(19)23(16)25;1-4-16-13-21(22(29)15-28-26-11-12-27-28)25(3)10-8-19-18-7-9-24(2,30)14-17(18)5-6-20(19)23(16)25/h12,17-18,20-24,27,35H,4-11,13-14,16H2,1-2H3;13,17-18,20-23,26,34H,5-12,14,16H2,1-3H3;2*11-12,16-21,23,30H,4-10,13-15H2,1-3H3/t18-,20+,21-,22-,23+,24-,27-,28-,29-;17-,18-,20+,21-,22-,23-,26+,27-,28-;2*16-,17-,18+,19-,20-,21-,23+,24-,25-/m1111/s1. The number of nitrogens with zero attached hydrogens (tertiary/aromatic N) is 14. The van der Waals surface area contributed by atoms with Crippen molar-refractivity contribution in [3.8, 4) is 12.1 Å². The maximum absolute atomic E-state index is 13.8. The van der Waals surface area contributed by atoms with E-state index in [4.69, 9.17) is 13.1 Å². The molecule has 22 heteroatoms. The van der Waals surface area contributed by atoms with E-state index in [2.05, 4.69) is 88.9 Å². The van der Waals surface area contributed by atoms with Crippen LogP contribution in [0.4, 0.5) is 11.6 Å². The summed E-state index contributed by atoms with van der Waals surface area (Å²) in [5, 5.41) is 85.7. The van der Waals surface area contributed by atoms with Crippen LogP contribution in [0.5, 0.6) is 0 Å². The molecule has 0 saturated heterocycles. The Balaban J connectivity index is 0.000000116. The molecule has 0 unspecified atom stereocenters. The molecule has 129 heavy (non-hydrogen) atoms. The Hall–Kier alpha value is -6.82. The van der Waals surface area contributed by atoms with E-state index in [-0.39, 0.29) is 93.0 Å². The number of ketones is 4. The van der Waals surface area contributed by atoms with Gasteiger partial charge < -0.3 is 30.1 Å². The average molecular weight is 1760 g/mol. The lowest BCUT2D eigenvalue weighted by molar-refractivity contribution is -0.134. The van der Waals surface area contributed by atoms with Crippen molar-refractivity contribution in [2.45, 2.75) is 362 Å². The number of aliphatic hydroxyl groups is 4.